The molecule has 0 N–H and O–H groups in total. The molecule has 0 unspecified atom stereocenters. The lowest BCUT2D eigenvalue weighted by Gasteiger charge is -2.10. The summed E-state index contributed by atoms with van der Waals surface area (Å²) in [5.41, 5.74) is 0. The fourth-order valence-electron chi connectivity index (χ4n) is 1.30. The van der Waals surface area contributed by atoms with Crippen molar-refractivity contribution in [1.29, 1.82) is 0 Å². The topological polar surface area (TPSA) is 0 Å². The third-order valence-corrected chi connectivity index (χ3v) is 1.77. The Hall–Kier alpha value is -0.650. The molecule has 2 bridgehead atoms. The van der Waals surface area contributed by atoms with Gasteiger partial charge in [0.1, 0.15) is 0 Å². The second kappa shape index (κ2) is 1.41. The molecule has 0 radical (unpaired) electrons. The summed E-state index contributed by atoms with van der Waals surface area (Å²) < 4.78 is 0. The second-order valence-electron chi connectivity index (χ2n) is 2.42. The molecular weight excluding hydrogens is 96.1 g/mol. The fourth-order valence-corrected chi connectivity index (χ4v) is 1.30. The van der Waals surface area contributed by atoms with Crippen LogP contribution in [-0.4, -0.2) is 0 Å². The molecule has 0 nitrogen and oxygen atoms in total. The highest BCUT2D eigenvalue weighted by Crippen LogP contribution is 2.29. The van der Waals surface area contributed by atoms with E-state index in [9.17, 15) is 0 Å². The van der Waals surface area contributed by atoms with E-state index in [1.807, 2.05) is 0 Å². The molecule has 0 aromatic heterocycles. The highest BCUT2D eigenvalue weighted by atomic mass is 14.2. The number of rotatable bonds is 0. The molecule has 0 heterocycles. The van der Waals surface area contributed by atoms with Crippen molar-refractivity contribution in [2.24, 2.45) is 11.8 Å². The van der Waals surface area contributed by atoms with E-state index in [1.54, 1.807) is 0 Å². The van der Waals surface area contributed by atoms with E-state index in [-0.39, 0.29) is 0 Å². The van der Waals surface area contributed by atoms with Crippen LogP contribution in [0, 0.1) is 24.3 Å². The van der Waals surface area contributed by atoms with E-state index in [1.165, 1.54) is 6.42 Å². The Morgan fingerprint density at radius 1 is 1.50 bits per heavy atom. The van der Waals surface area contributed by atoms with Gasteiger partial charge in [-0.15, -0.1) is 0 Å². The predicted molar refractivity (Wildman–Crippen MR) is 32.8 cm³/mol. The van der Waals surface area contributed by atoms with Gasteiger partial charge in [0.15, 0.2) is 0 Å². The summed E-state index contributed by atoms with van der Waals surface area (Å²) >= 11 is 0. The Bertz CT molecular complexity index is 140. The summed E-state index contributed by atoms with van der Waals surface area (Å²) in [5, 5.41) is 0. The minimum absolute atomic E-state index is 0.644. The Morgan fingerprint density at radius 2 is 2.50 bits per heavy atom. The van der Waals surface area contributed by atoms with Crippen LogP contribution in [0.3, 0.4) is 0 Å². The van der Waals surface area contributed by atoms with Gasteiger partial charge in [0, 0.05) is 5.92 Å². The molecule has 8 heavy (non-hydrogen) atoms. The highest BCUT2D eigenvalue weighted by molar-refractivity contribution is 5.18. The molecule has 0 amide bonds. The molecule has 40 valence electrons. The maximum atomic E-state index is 3.24. The van der Waals surface area contributed by atoms with Crippen molar-refractivity contribution >= 4 is 0 Å². The lowest BCUT2D eigenvalue weighted by molar-refractivity contribution is 0.621. The molecule has 0 saturated carbocycles. The summed E-state index contributed by atoms with van der Waals surface area (Å²) in [5.74, 6) is 1.38. The second-order valence-corrected chi connectivity index (χ2v) is 2.42. The Labute approximate surface area is 49.9 Å². The molecular formula is C8H8. The molecule has 2 aliphatic rings. The maximum absolute atomic E-state index is 3.24. The van der Waals surface area contributed by atoms with Crippen molar-refractivity contribution in [3.05, 3.63) is 30.7 Å². The molecule has 2 atom stereocenters. The first-order valence-corrected chi connectivity index (χ1v) is 3.06. The van der Waals surface area contributed by atoms with Gasteiger partial charge in [-0.3, -0.25) is 0 Å². The van der Waals surface area contributed by atoms with Crippen LogP contribution in [-0.2, 0) is 0 Å². The first kappa shape index (κ1) is 4.25. The number of hydrogen-bond acceptors (Lipinski definition) is 0. The third-order valence-electron chi connectivity index (χ3n) is 1.77. The van der Waals surface area contributed by atoms with Gasteiger partial charge >= 0.3 is 0 Å². The molecule has 0 aliphatic heterocycles. The van der Waals surface area contributed by atoms with Gasteiger partial charge < -0.3 is 0 Å². The van der Waals surface area contributed by atoms with Crippen molar-refractivity contribution in [1.82, 2.24) is 0 Å². The van der Waals surface area contributed by atoms with E-state index in [0.717, 1.165) is 5.92 Å². The fraction of sp³-hybridized carbons (Fsp3) is 0.375. The van der Waals surface area contributed by atoms with Crippen LogP contribution in [0.5, 0.6) is 0 Å². The van der Waals surface area contributed by atoms with Crippen molar-refractivity contribution in [2.75, 3.05) is 0 Å². The zero-order valence-electron chi connectivity index (χ0n) is 4.67. The quantitative estimate of drug-likeness (QED) is 0.324. The zero-order chi connectivity index (χ0) is 5.40. The predicted octanol–water partition coefficient (Wildman–Crippen LogP) is 1.76. The van der Waals surface area contributed by atoms with Crippen LogP contribution in [0.1, 0.15) is 6.42 Å². The van der Waals surface area contributed by atoms with Crippen molar-refractivity contribution in [3.63, 3.8) is 0 Å². The van der Waals surface area contributed by atoms with Crippen LogP contribution in [0.4, 0.5) is 0 Å². The number of hydrogen-bond donors (Lipinski definition) is 0. The van der Waals surface area contributed by atoms with Gasteiger partial charge in [0.2, 0.25) is 0 Å². The SMILES string of the molecule is [C-]1=C[CH+][C@H]2C=C[C@@H]1C2. The van der Waals surface area contributed by atoms with Crippen LogP contribution in [0.2, 0.25) is 0 Å². The minimum atomic E-state index is 0.644. The van der Waals surface area contributed by atoms with E-state index in [4.69, 9.17) is 0 Å². The van der Waals surface area contributed by atoms with Crippen molar-refractivity contribution in [3.8, 4) is 0 Å². The van der Waals surface area contributed by atoms with E-state index in [2.05, 4.69) is 30.7 Å². The summed E-state index contributed by atoms with van der Waals surface area (Å²) in [6.07, 6.45) is 13.3. The Balaban J connectivity index is 2.28. The number of fused-ring (bicyclic) bond motifs is 2. The molecule has 2 aliphatic carbocycles. The number of allylic oxidation sites excluding steroid dienone is 4. The van der Waals surface area contributed by atoms with Gasteiger partial charge in [0.25, 0.3) is 0 Å². The Kier molecular flexibility index (Phi) is 0.750. The van der Waals surface area contributed by atoms with Crippen LogP contribution in [0.25, 0.3) is 0 Å². The largest absolute Gasteiger partial charge is 0.0810 e. The minimum Gasteiger partial charge on any atom is -0.0810 e. The van der Waals surface area contributed by atoms with Crippen LogP contribution < -0.4 is 0 Å². The molecule has 0 spiro atoms. The Morgan fingerprint density at radius 3 is 3.25 bits per heavy atom. The monoisotopic (exact) mass is 104 g/mol. The molecule has 0 fully saturated rings. The molecule has 2 rings (SSSR count). The van der Waals surface area contributed by atoms with Gasteiger partial charge in [-0.1, -0.05) is 24.6 Å². The van der Waals surface area contributed by atoms with Gasteiger partial charge in [-0.25, -0.2) is 0 Å². The molecule has 0 aromatic rings. The summed E-state index contributed by atoms with van der Waals surface area (Å²) in [7, 11) is 0. The summed E-state index contributed by atoms with van der Waals surface area (Å²) in [6, 6.07) is 0. The normalized spacial score (nSPS) is 40.0. The maximum Gasteiger partial charge on any atom is 0.00296 e. The third kappa shape index (κ3) is 0.492. The molecule has 0 saturated heterocycles. The van der Waals surface area contributed by atoms with E-state index >= 15 is 0 Å². The standard InChI is InChI=1S/C8H8/c1-2-7-4-5-8(3-1)6-7/h1-2,4-5,7-8H,6H2/t7-,8+/m0/s1. The molecule has 0 heteroatoms. The summed E-state index contributed by atoms with van der Waals surface area (Å²) in [4.78, 5) is 0. The lowest BCUT2D eigenvalue weighted by Crippen LogP contribution is -2.00. The molecule has 0 aromatic carbocycles. The van der Waals surface area contributed by atoms with E-state index < -0.39 is 0 Å². The first-order valence-electron chi connectivity index (χ1n) is 3.06. The van der Waals surface area contributed by atoms with Crippen LogP contribution in [0.15, 0.2) is 18.2 Å². The first-order chi connectivity index (χ1) is 3.95. The van der Waals surface area contributed by atoms with Gasteiger partial charge in [-0.05, 0) is 18.4 Å². The van der Waals surface area contributed by atoms with Crippen LogP contribution >= 0.6 is 0 Å². The lowest BCUT2D eigenvalue weighted by atomic mass is 9.94. The van der Waals surface area contributed by atoms with Crippen molar-refractivity contribution < 1.29 is 0 Å². The van der Waals surface area contributed by atoms with Crippen molar-refractivity contribution in [2.45, 2.75) is 6.42 Å². The van der Waals surface area contributed by atoms with Gasteiger partial charge in [0.05, 0.1) is 0 Å². The average molecular weight is 104 g/mol. The smallest absolute Gasteiger partial charge is 0.00296 e. The summed E-state index contributed by atoms with van der Waals surface area (Å²) in [6.45, 7) is 0. The van der Waals surface area contributed by atoms with Gasteiger partial charge in [-0.2, -0.15) is 0 Å². The highest BCUT2D eigenvalue weighted by Gasteiger charge is 2.18. The van der Waals surface area contributed by atoms with E-state index in [0.29, 0.717) is 5.92 Å². The average Bonchev–Trinajstić information content (AvgIpc) is 2.12. The zero-order valence-corrected chi connectivity index (χ0v) is 4.67.